The highest BCUT2D eigenvalue weighted by atomic mass is 32.2. The third kappa shape index (κ3) is 3.20. The largest absolute Gasteiger partial charge is 0.495 e. The zero-order chi connectivity index (χ0) is 22.5. The zero-order valence-electron chi connectivity index (χ0n) is 17.8. The number of anilines is 1. The number of amides is 1. The zero-order valence-corrected chi connectivity index (χ0v) is 18.6. The first-order valence-corrected chi connectivity index (χ1v) is 11.3. The van der Waals surface area contributed by atoms with Gasteiger partial charge in [0.05, 0.1) is 29.1 Å². The Hall–Kier alpha value is -3.98. The number of methoxy groups -OCH3 is 1. The summed E-state index contributed by atoms with van der Waals surface area (Å²) in [6.07, 6.45) is 0. The van der Waals surface area contributed by atoms with Crippen molar-refractivity contribution in [2.24, 2.45) is 0 Å². The highest BCUT2D eigenvalue weighted by molar-refractivity contribution is 8.00. The predicted octanol–water partition coefficient (Wildman–Crippen LogP) is 5.24. The number of aromatic amines is 1. The first kappa shape index (κ1) is 19.7. The second kappa shape index (κ2) is 7.56. The number of ether oxygens (including phenoxy) is 1. The number of para-hydroxylation sites is 3. The average molecular weight is 458 g/mol. The number of nitrogens with one attached hydrogen (secondary N) is 2. The molecule has 33 heavy (non-hydrogen) atoms. The minimum Gasteiger partial charge on any atom is -0.495 e. The summed E-state index contributed by atoms with van der Waals surface area (Å²) < 4.78 is 13.4. The molecule has 0 spiro atoms. The Balaban J connectivity index is 1.29. The first-order valence-electron chi connectivity index (χ1n) is 10.4. The minimum atomic E-state index is -0.422. The quantitative estimate of drug-likeness (QED) is 0.344. The van der Waals surface area contributed by atoms with Crippen molar-refractivity contribution in [1.29, 1.82) is 0 Å². The van der Waals surface area contributed by atoms with Crippen LogP contribution in [0.25, 0.3) is 38.7 Å². The Kier molecular flexibility index (Phi) is 4.51. The van der Waals surface area contributed by atoms with Gasteiger partial charge < -0.3 is 14.5 Å². The fourth-order valence-electron chi connectivity index (χ4n) is 3.99. The average Bonchev–Trinajstić information content (AvgIpc) is 3.50. The van der Waals surface area contributed by atoms with E-state index in [-0.39, 0.29) is 5.91 Å². The topological polar surface area (TPSA) is 97.4 Å². The number of rotatable bonds is 5. The molecule has 0 saturated heterocycles. The van der Waals surface area contributed by atoms with Gasteiger partial charge in [0.25, 0.3) is 0 Å². The van der Waals surface area contributed by atoms with Gasteiger partial charge in [-0.25, -0.2) is 10.1 Å². The van der Waals surface area contributed by atoms with Crippen LogP contribution in [0.4, 0.5) is 5.69 Å². The molecule has 0 aliphatic heterocycles. The molecule has 6 rings (SSSR count). The van der Waals surface area contributed by atoms with E-state index in [0.717, 1.165) is 27.4 Å². The molecule has 3 heterocycles. The molecule has 0 fully saturated rings. The number of carbonyl (C=O) groups is 1. The first-order chi connectivity index (χ1) is 16.1. The molecule has 3 aromatic carbocycles. The summed E-state index contributed by atoms with van der Waals surface area (Å²) in [5.74, 6) is 1.04. The number of H-pyrrole nitrogens is 1. The van der Waals surface area contributed by atoms with Gasteiger partial charge in [0.15, 0.2) is 5.16 Å². The number of hydrogen-bond donors (Lipinski definition) is 2. The van der Waals surface area contributed by atoms with Crippen LogP contribution >= 0.6 is 11.8 Å². The van der Waals surface area contributed by atoms with Crippen LogP contribution in [0.2, 0.25) is 0 Å². The second-order valence-corrected chi connectivity index (χ2v) is 8.97. The Morgan fingerprint density at radius 1 is 1.12 bits per heavy atom. The van der Waals surface area contributed by atoms with E-state index in [1.165, 1.54) is 11.8 Å². The van der Waals surface area contributed by atoms with Crippen LogP contribution in [0.5, 0.6) is 5.75 Å². The molecule has 1 atom stereocenters. The molecule has 8 nitrogen and oxygen atoms in total. The second-order valence-electron chi connectivity index (χ2n) is 7.66. The monoisotopic (exact) mass is 457 g/mol. The maximum Gasteiger partial charge on any atom is 0.237 e. The molecule has 9 heteroatoms. The van der Waals surface area contributed by atoms with Gasteiger partial charge in [-0.1, -0.05) is 42.1 Å². The Morgan fingerprint density at radius 3 is 2.82 bits per heavy atom. The van der Waals surface area contributed by atoms with Crippen LogP contribution in [0.1, 0.15) is 6.92 Å². The molecule has 1 amide bonds. The van der Waals surface area contributed by atoms with Gasteiger partial charge in [-0.2, -0.15) is 0 Å². The highest BCUT2D eigenvalue weighted by Gasteiger charge is 2.21. The lowest BCUT2D eigenvalue weighted by Gasteiger charge is -2.13. The molecule has 0 bridgehead atoms. The van der Waals surface area contributed by atoms with Crippen LogP contribution in [0, 0.1) is 0 Å². The Labute approximate surface area is 191 Å². The number of furan rings is 1. The maximum absolute atomic E-state index is 13.1. The van der Waals surface area contributed by atoms with Crippen molar-refractivity contribution in [3.8, 4) is 5.75 Å². The summed E-state index contributed by atoms with van der Waals surface area (Å²) in [5, 5.41) is 12.5. The molecule has 0 aliphatic carbocycles. The van der Waals surface area contributed by atoms with E-state index < -0.39 is 5.25 Å². The number of fused-ring (bicyclic) bond motifs is 6. The number of carbonyl (C=O) groups excluding carboxylic acids is 1. The number of nitrogens with zero attached hydrogens (tertiary/aromatic N) is 3. The highest BCUT2D eigenvalue weighted by Crippen LogP contribution is 2.37. The van der Waals surface area contributed by atoms with Crippen molar-refractivity contribution in [2.45, 2.75) is 17.3 Å². The standard InChI is InChI=1S/C24H19N5O3S/c1-13(33-24-28-27-23-26-16-8-4-5-9-18(16)29(23)24)22(30)25-17-12-20-15(11-21(17)31-2)14-7-3-6-10-19(14)32-20/h3-13H,1-2H3,(H,25,30)(H,26,27). The Bertz CT molecular complexity index is 1660. The molecule has 0 aliphatic rings. The third-order valence-corrected chi connectivity index (χ3v) is 6.66. The van der Waals surface area contributed by atoms with Crippen molar-refractivity contribution >= 4 is 62.1 Å². The molecule has 2 N–H and O–H groups in total. The number of thioether (sulfide) groups is 1. The van der Waals surface area contributed by atoms with Crippen LogP contribution < -0.4 is 10.1 Å². The lowest BCUT2D eigenvalue weighted by Crippen LogP contribution is -2.23. The van der Waals surface area contributed by atoms with E-state index in [1.807, 2.05) is 65.9 Å². The van der Waals surface area contributed by atoms with Gasteiger partial charge in [-0.3, -0.25) is 9.20 Å². The SMILES string of the molecule is COc1cc2c(cc1NC(=O)C(C)Sc1n[nH]c3nc4ccccc4n13)oc1ccccc12. The molecule has 164 valence electrons. The van der Waals surface area contributed by atoms with Crippen molar-refractivity contribution in [1.82, 2.24) is 19.6 Å². The summed E-state index contributed by atoms with van der Waals surface area (Å²) in [7, 11) is 1.59. The van der Waals surface area contributed by atoms with E-state index in [9.17, 15) is 4.79 Å². The van der Waals surface area contributed by atoms with Crippen molar-refractivity contribution in [3.05, 3.63) is 60.7 Å². The van der Waals surface area contributed by atoms with E-state index in [0.29, 0.717) is 28.0 Å². The van der Waals surface area contributed by atoms with E-state index in [2.05, 4.69) is 20.5 Å². The minimum absolute atomic E-state index is 0.172. The predicted molar refractivity (Wildman–Crippen MR) is 129 cm³/mol. The number of hydrogen-bond acceptors (Lipinski definition) is 6. The van der Waals surface area contributed by atoms with Crippen LogP contribution in [0.3, 0.4) is 0 Å². The Morgan fingerprint density at radius 2 is 1.94 bits per heavy atom. The van der Waals surface area contributed by atoms with Crippen LogP contribution in [-0.4, -0.2) is 37.8 Å². The number of benzene rings is 3. The van der Waals surface area contributed by atoms with Gasteiger partial charge >= 0.3 is 0 Å². The molecule has 3 aromatic heterocycles. The van der Waals surface area contributed by atoms with Gasteiger partial charge in [0.2, 0.25) is 11.7 Å². The van der Waals surface area contributed by atoms with Crippen molar-refractivity contribution < 1.29 is 13.9 Å². The van der Waals surface area contributed by atoms with Crippen molar-refractivity contribution in [2.75, 3.05) is 12.4 Å². The summed E-state index contributed by atoms with van der Waals surface area (Å²) >= 11 is 1.35. The third-order valence-electron chi connectivity index (χ3n) is 5.61. The van der Waals surface area contributed by atoms with E-state index in [1.54, 1.807) is 13.2 Å². The lowest BCUT2D eigenvalue weighted by molar-refractivity contribution is -0.115. The van der Waals surface area contributed by atoms with Crippen LogP contribution in [0.15, 0.2) is 70.2 Å². The molecule has 1 unspecified atom stereocenters. The summed E-state index contributed by atoms with van der Waals surface area (Å²) in [4.78, 5) is 17.6. The van der Waals surface area contributed by atoms with Gasteiger partial charge in [-0.15, -0.1) is 5.10 Å². The summed E-state index contributed by atoms with van der Waals surface area (Å²) in [6, 6.07) is 19.3. The molecular weight excluding hydrogens is 438 g/mol. The normalized spacial score (nSPS) is 12.7. The maximum atomic E-state index is 13.1. The molecular formula is C24H19N5O3S. The van der Waals surface area contributed by atoms with Gasteiger partial charge in [0.1, 0.15) is 16.9 Å². The molecule has 0 saturated carbocycles. The lowest BCUT2D eigenvalue weighted by atomic mass is 10.1. The molecule has 6 aromatic rings. The molecule has 0 radical (unpaired) electrons. The number of imidazole rings is 1. The van der Waals surface area contributed by atoms with E-state index >= 15 is 0 Å². The number of aromatic nitrogens is 4. The fourth-order valence-corrected chi connectivity index (χ4v) is 4.86. The van der Waals surface area contributed by atoms with Gasteiger partial charge in [0, 0.05) is 16.8 Å². The fraction of sp³-hybridized carbons (Fsp3) is 0.125. The van der Waals surface area contributed by atoms with Crippen molar-refractivity contribution in [3.63, 3.8) is 0 Å². The summed E-state index contributed by atoms with van der Waals surface area (Å²) in [5.41, 5.74) is 3.84. The van der Waals surface area contributed by atoms with Gasteiger partial charge in [-0.05, 0) is 31.2 Å². The van der Waals surface area contributed by atoms with Crippen LogP contribution in [-0.2, 0) is 4.79 Å². The smallest absolute Gasteiger partial charge is 0.237 e. The summed E-state index contributed by atoms with van der Waals surface area (Å²) in [6.45, 7) is 1.84. The van der Waals surface area contributed by atoms with E-state index in [4.69, 9.17) is 9.15 Å².